The van der Waals surface area contributed by atoms with Crippen LogP contribution in [0, 0.1) is 0 Å². The molecule has 0 aromatic heterocycles. The molecule has 0 bridgehead atoms. The first-order chi connectivity index (χ1) is 13.7. The van der Waals surface area contributed by atoms with Crippen LogP contribution in [0.5, 0.6) is 5.75 Å². The van der Waals surface area contributed by atoms with Crippen molar-refractivity contribution in [2.24, 2.45) is 5.73 Å². The summed E-state index contributed by atoms with van der Waals surface area (Å²) in [6.07, 6.45) is 0.819. The quantitative estimate of drug-likeness (QED) is 0.541. The van der Waals surface area contributed by atoms with Crippen LogP contribution in [0.3, 0.4) is 0 Å². The summed E-state index contributed by atoms with van der Waals surface area (Å²) < 4.78 is 32.4. The second-order valence-electron chi connectivity index (χ2n) is 6.58. The molecule has 1 atom stereocenters. The van der Waals surface area contributed by atoms with Gasteiger partial charge in [-0.1, -0.05) is 19.1 Å². The maximum atomic E-state index is 12.2. The number of sulfonamides is 1. The molecule has 2 rings (SSSR count). The Balaban J connectivity index is 1.88. The number of nitrogens with one attached hydrogen (secondary N) is 2. The van der Waals surface area contributed by atoms with Crippen LogP contribution in [0.15, 0.2) is 53.4 Å². The summed E-state index contributed by atoms with van der Waals surface area (Å²) in [6.45, 7) is 3.45. The van der Waals surface area contributed by atoms with Crippen LogP contribution in [0.1, 0.15) is 25.8 Å². The first-order valence-corrected chi connectivity index (χ1v) is 10.6. The third-order valence-corrected chi connectivity index (χ3v) is 5.69. The number of carbonyl (C=O) groups is 2. The summed E-state index contributed by atoms with van der Waals surface area (Å²) >= 11 is 0. The molecule has 0 spiro atoms. The lowest BCUT2D eigenvalue weighted by Crippen LogP contribution is -2.31. The maximum absolute atomic E-state index is 12.2. The molecule has 0 saturated heterocycles. The normalized spacial score (nSPS) is 12.2. The van der Waals surface area contributed by atoms with Crippen LogP contribution in [-0.2, 0) is 26.0 Å². The van der Waals surface area contributed by atoms with Gasteiger partial charge in [-0.25, -0.2) is 13.1 Å². The highest BCUT2D eigenvalue weighted by Crippen LogP contribution is 2.17. The Bertz CT molecular complexity index is 941. The fraction of sp³-hybridized carbons (Fsp3) is 0.300. The minimum Gasteiger partial charge on any atom is -0.484 e. The number of benzene rings is 2. The van der Waals surface area contributed by atoms with Crippen molar-refractivity contribution in [3.8, 4) is 5.75 Å². The summed E-state index contributed by atoms with van der Waals surface area (Å²) in [5.41, 5.74) is 6.45. The van der Waals surface area contributed by atoms with E-state index in [1.165, 1.54) is 24.3 Å². The zero-order valence-electron chi connectivity index (χ0n) is 16.3. The van der Waals surface area contributed by atoms with Crippen molar-refractivity contribution in [3.05, 3.63) is 54.1 Å². The van der Waals surface area contributed by atoms with Gasteiger partial charge in [-0.2, -0.15) is 0 Å². The lowest BCUT2D eigenvalue weighted by Gasteiger charge is -2.12. The smallest absolute Gasteiger partial charge is 0.262 e. The third kappa shape index (κ3) is 7.20. The monoisotopic (exact) mass is 419 g/mol. The van der Waals surface area contributed by atoms with Crippen molar-refractivity contribution in [1.29, 1.82) is 0 Å². The molecule has 0 fully saturated rings. The van der Waals surface area contributed by atoms with E-state index in [4.69, 9.17) is 10.5 Å². The van der Waals surface area contributed by atoms with Crippen LogP contribution < -0.4 is 20.5 Å². The predicted octanol–water partition coefficient (Wildman–Crippen LogP) is 1.81. The van der Waals surface area contributed by atoms with E-state index in [1.54, 1.807) is 31.2 Å². The van der Waals surface area contributed by atoms with Gasteiger partial charge in [-0.3, -0.25) is 9.59 Å². The average Bonchev–Trinajstić information content (AvgIpc) is 2.67. The second-order valence-corrected chi connectivity index (χ2v) is 8.29. The maximum Gasteiger partial charge on any atom is 0.262 e. The molecule has 0 heterocycles. The molecule has 0 radical (unpaired) electrons. The number of anilines is 1. The van der Waals surface area contributed by atoms with Gasteiger partial charge >= 0.3 is 0 Å². The summed E-state index contributed by atoms with van der Waals surface area (Å²) in [7, 11) is -3.59. The molecule has 0 saturated carbocycles. The Labute approximate surface area is 170 Å². The molecule has 29 heavy (non-hydrogen) atoms. The zero-order valence-corrected chi connectivity index (χ0v) is 17.2. The van der Waals surface area contributed by atoms with E-state index >= 15 is 0 Å². The Kier molecular flexibility index (Phi) is 7.74. The van der Waals surface area contributed by atoms with E-state index in [1.807, 2.05) is 6.92 Å². The van der Waals surface area contributed by atoms with Gasteiger partial charge in [0.05, 0.1) is 11.3 Å². The van der Waals surface area contributed by atoms with Crippen LogP contribution in [0.25, 0.3) is 0 Å². The van der Waals surface area contributed by atoms with Crippen LogP contribution >= 0.6 is 0 Å². The Morgan fingerprint density at radius 3 is 2.24 bits per heavy atom. The van der Waals surface area contributed by atoms with E-state index in [2.05, 4.69) is 10.0 Å². The number of hydrogen-bond donors (Lipinski definition) is 3. The number of carbonyl (C=O) groups excluding carboxylic acids is 2. The first kappa shape index (κ1) is 22.4. The Morgan fingerprint density at radius 1 is 1.07 bits per heavy atom. The molecular formula is C20H25N3O5S. The van der Waals surface area contributed by atoms with Crippen molar-refractivity contribution in [1.82, 2.24) is 4.72 Å². The lowest BCUT2D eigenvalue weighted by molar-refractivity contribution is -0.118. The van der Waals surface area contributed by atoms with Gasteiger partial charge in [0.1, 0.15) is 5.75 Å². The predicted molar refractivity (Wildman–Crippen MR) is 110 cm³/mol. The molecule has 1 unspecified atom stereocenters. The van der Waals surface area contributed by atoms with Gasteiger partial charge in [0.25, 0.3) is 5.91 Å². The molecule has 0 aliphatic heterocycles. The SMILES string of the molecule is CCC(C)NS(=O)(=O)c1ccc(OCC(=O)Nc2ccc(CC(N)=O)cc2)cc1. The van der Waals surface area contributed by atoms with Crippen LogP contribution in [-0.4, -0.2) is 32.9 Å². The lowest BCUT2D eigenvalue weighted by atomic mass is 10.1. The average molecular weight is 420 g/mol. The van der Waals surface area contributed by atoms with E-state index in [-0.39, 0.29) is 29.9 Å². The van der Waals surface area contributed by atoms with Gasteiger partial charge < -0.3 is 15.8 Å². The molecule has 0 aliphatic carbocycles. The number of amides is 2. The van der Waals surface area contributed by atoms with Crippen molar-refractivity contribution in [2.45, 2.75) is 37.6 Å². The molecule has 9 heteroatoms. The molecule has 8 nitrogen and oxygen atoms in total. The summed E-state index contributed by atoms with van der Waals surface area (Å²) in [6, 6.07) is 12.4. The topological polar surface area (TPSA) is 128 Å². The van der Waals surface area contributed by atoms with Crippen molar-refractivity contribution < 1.29 is 22.7 Å². The number of nitrogens with two attached hydrogens (primary N) is 1. The molecule has 0 aliphatic rings. The molecular weight excluding hydrogens is 394 g/mol. The second kappa shape index (κ2) is 10.0. The summed E-state index contributed by atoms with van der Waals surface area (Å²) in [5, 5.41) is 2.67. The van der Waals surface area contributed by atoms with Crippen LogP contribution in [0.4, 0.5) is 5.69 Å². The fourth-order valence-corrected chi connectivity index (χ4v) is 3.71. The van der Waals surface area contributed by atoms with Gasteiger partial charge in [-0.15, -0.1) is 0 Å². The number of ether oxygens (including phenoxy) is 1. The highest BCUT2D eigenvalue weighted by Gasteiger charge is 2.16. The summed E-state index contributed by atoms with van der Waals surface area (Å²) in [5.74, 6) is -0.424. The molecule has 2 aromatic carbocycles. The number of primary amides is 1. The Morgan fingerprint density at radius 2 is 1.69 bits per heavy atom. The first-order valence-electron chi connectivity index (χ1n) is 9.12. The van der Waals surface area contributed by atoms with Gasteiger partial charge in [0.2, 0.25) is 15.9 Å². The fourth-order valence-electron chi connectivity index (χ4n) is 2.38. The van der Waals surface area contributed by atoms with Crippen molar-refractivity contribution >= 4 is 27.5 Å². The molecule has 2 amide bonds. The summed E-state index contributed by atoms with van der Waals surface area (Å²) in [4.78, 5) is 23.0. The highest BCUT2D eigenvalue weighted by molar-refractivity contribution is 7.89. The van der Waals surface area contributed by atoms with E-state index < -0.39 is 15.9 Å². The van der Waals surface area contributed by atoms with Crippen LogP contribution in [0.2, 0.25) is 0 Å². The number of rotatable bonds is 10. The standard InChI is InChI=1S/C20H25N3O5S/c1-3-14(2)23-29(26,27)18-10-8-17(9-11-18)28-13-20(25)22-16-6-4-15(5-7-16)12-19(21)24/h4-11,14,23H,3,12-13H2,1-2H3,(H2,21,24)(H,22,25). The van der Waals surface area contributed by atoms with Gasteiger partial charge in [-0.05, 0) is 55.3 Å². The van der Waals surface area contributed by atoms with Crippen molar-refractivity contribution in [3.63, 3.8) is 0 Å². The van der Waals surface area contributed by atoms with Crippen molar-refractivity contribution in [2.75, 3.05) is 11.9 Å². The molecule has 2 aromatic rings. The van der Waals surface area contributed by atoms with E-state index in [9.17, 15) is 18.0 Å². The van der Waals surface area contributed by atoms with Gasteiger partial charge in [0, 0.05) is 11.7 Å². The zero-order chi connectivity index (χ0) is 21.4. The third-order valence-electron chi connectivity index (χ3n) is 4.09. The minimum atomic E-state index is -3.59. The molecule has 4 N–H and O–H groups in total. The van der Waals surface area contributed by atoms with E-state index in [0.717, 1.165) is 5.56 Å². The number of hydrogen-bond acceptors (Lipinski definition) is 5. The van der Waals surface area contributed by atoms with Gasteiger partial charge in [0.15, 0.2) is 6.61 Å². The highest BCUT2D eigenvalue weighted by atomic mass is 32.2. The van der Waals surface area contributed by atoms with E-state index in [0.29, 0.717) is 17.9 Å². The largest absolute Gasteiger partial charge is 0.484 e. The molecule has 156 valence electrons. The Hall–Kier alpha value is -2.91. The minimum absolute atomic E-state index is 0.130.